The molecule has 1 aliphatic carbocycles. The van der Waals surface area contributed by atoms with E-state index in [9.17, 15) is 13.2 Å². The van der Waals surface area contributed by atoms with Gasteiger partial charge in [-0.25, -0.2) is 18.5 Å². The van der Waals surface area contributed by atoms with Crippen molar-refractivity contribution in [1.82, 2.24) is 15.2 Å². The molecule has 0 spiro atoms. The number of carbonyl (C=O) groups is 1. The standard InChI is InChI=1S/C16H19N5O3S2/c1-9-6-11-7-12(26(17,23)24)4-5-13(11)21(9)14(22)8-25-16-18-15(19-20-16)10-2-3-10/h4-5,7,9-10H,2-3,6,8H2,1H3,(H2,17,23,24)(H,18,19,20)/t9-/m0/s1. The maximum atomic E-state index is 12.7. The SMILES string of the molecule is C[C@H]1Cc2cc(S(N)(=O)=O)ccc2N1C(=O)CSc1n[nH]c(C2CC2)n1. The van der Waals surface area contributed by atoms with Crippen molar-refractivity contribution in [2.75, 3.05) is 10.7 Å². The lowest BCUT2D eigenvalue weighted by Gasteiger charge is -2.22. The monoisotopic (exact) mass is 393 g/mol. The number of hydrogen-bond donors (Lipinski definition) is 2. The van der Waals surface area contributed by atoms with Crippen LogP contribution in [0, 0.1) is 0 Å². The number of rotatable bonds is 5. The highest BCUT2D eigenvalue weighted by Gasteiger charge is 2.32. The summed E-state index contributed by atoms with van der Waals surface area (Å²) < 4.78 is 23.0. The molecule has 8 nitrogen and oxygen atoms in total. The first-order valence-corrected chi connectivity index (χ1v) is 10.9. The van der Waals surface area contributed by atoms with Crippen LogP contribution < -0.4 is 10.0 Å². The Kier molecular flexibility index (Phi) is 4.28. The van der Waals surface area contributed by atoms with Crippen LogP contribution in [0.1, 0.15) is 37.1 Å². The van der Waals surface area contributed by atoms with Crippen LogP contribution in [0.3, 0.4) is 0 Å². The lowest BCUT2D eigenvalue weighted by atomic mass is 10.1. The molecular weight excluding hydrogens is 374 g/mol. The number of nitrogens with zero attached hydrogens (tertiary/aromatic N) is 3. The summed E-state index contributed by atoms with van der Waals surface area (Å²) in [5, 5.41) is 12.9. The molecule has 1 aromatic carbocycles. The van der Waals surface area contributed by atoms with Gasteiger partial charge in [0.25, 0.3) is 0 Å². The number of sulfonamides is 1. The first kappa shape index (κ1) is 17.5. The molecule has 26 heavy (non-hydrogen) atoms. The maximum absolute atomic E-state index is 12.7. The number of primary sulfonamides is 1. The largest absolute Gasteiger partial charge is 0.308 e. The van der Waals surface area contributed by atoms with E-state index in [2.05, 4.69) is 15.2 Å². The first-order chi connectivity index (χ1) is 12.3. The third-order valence-corrected chi connectivity index (χ3v) is 6.38. The number of benzene rings is 1. The molecule has 1 amide bonds. The minimum Gasteiger partial charge on any atom is -0.308 e. The van der Waals surface area contributed by atoms with Crippen LogP contribution in [-0.2, 0) is 21.2 Å². The zero-order valence-corrected chi connectivity index (χ0v) is 15.8. The third-order valence-electron chi connectivity index (χ3n) is 4.63. The number of anilines is 1. The van der Waals surface area contributed by atoms with Gasteiger partial charge in [-0.15, -0.1) is 5.10 Å². The summed E-state index contributed by atoms with van der Waals surface area (Å²) in [4.78, 5) is 18.9. The minimum absolute atomic E-state index is 0.0389. The number of amides is 1. The molecule has 10 heteroatoms. The summed E-state index contributed by atoms with van der Waals surface area (Å²) in [5.41, 5.74) is 1.56. The Bertz CT molecular complexity index is 968. The molecule has 0 bridgehead atoms. The normalized spacial score (nSPS) is 19.6. The van der Waals surface area contributed by atoms with Gasteiger partial charge in [-0.05, 0) is 49.9 Å². The Morgan fingerprint density at radius 1 is 1.42 bits per heavy atom. The van der Waals surface area contributed by atoms with Crippen LogP contribution in [0.5, 0.6) is 0 Å². The van der Waals surface area contributed by atoms with Crippen molar-refractivity contribution in [3.05, 3.63) is 29.6 Å². The van der Waals surface area contributed by atoms with Crippen molar-refractivity contribution in [2.24, 2.45) is 5.14 Å². The summed E-state index contributed by atoms with van der Waals surface area (Å²) in [6.45, 7) is 1.94. The molecule has 2 aliphatic rings. The van der Waals surface area contributed by atoms with Crippen LogP contribution in [-0.4, -0.2) is 41.3 Å². The van der Waals surface area contributed by atoms with E-state index in [0.717, 1.165) is 29.9 Å². The number of nitrogens with two attached hydrogens (primary N) is 1. The number of fused-ring (bicyclic) bond motifs is 1. The summed E-state index contributed by atoms with van der Waals surface area (Å²) in [6, 6.07) is 4.61. The van der Waals surface area contributed by atoms with Gasteiger partial charge in [-0.1, -0.05) is 11.8 Å². The molecule has 0 radical (unpaired) electrons. The van der Waals surface area contributed by atoms with Gasteiger partial charge in [-0.2, -0.15) is 0 Å². The van der Waals surface area contributed by atoms with Crippen LogP contribution in [0.2, 0.25) is 0 Å². The van der Waals surface area contributed by atoms with Crippen molar-refractivity contribution in [3.63, 3.8) is 0 Å². The molecule has 1 fully saturated rings. The third kappa shape index (κ3) is 3.36. The average molecular weight is 393 g/mol. The van der Waals surface area contributed by atoms with Crippen molar-refractivity contribution in [3.8, 4) is 0 Å². The fraction of sp³-hybridized carbons (Fsp3) is 0.438. The molecule has 0 saturated heterocycles. The topological polar surface area (TPSA) is 122 Å². The molecule has 4 rings (SSSR count). The first-order valence-electron chi connectivity index (χ1n) is 8.36. The van der Waals surface area contributed by atoms with Crippen LogP contribution >= 0.6 is 11.8 Å². The number of aromatic amines is 1. The highest BCUT2D eigenvalue weighted by atomic mass is 32.2. The van der Waals surface area contributed by atoms with Gasteiger partial charge in [0.1, 0.15) is 5.82 Å². The quantitative estimate of drug-likeness (QED) is 0.741. The van der Waals surface area contributed by atoms with Gasteiger partial charge in [0.05, 0.1) is 10.6 Å². The molecular formula is C16H19N5O3S2. The summed E-state index contributed by atoms with van der Waals surface area (Å²) in [7, 11) is -3.75. The fourth-order valence-corrected chi connectivity index (χ4v) is 4.45. The highest BCUT2D eigenvalue weighted by Crippen LogP contribution is 2.38. The molecule has 0 unspecified atom stereocenters. The number of hydrogen-bond acceptors (Lipinski definition) is 6. The van der Waals surface area contributed by atoms with E-state index in [1.807, 2.05) is 6.92 Å². The van der Waals surface area contributed by atoms with E-state index in [1.54, 1.807) is 17.0 Å². The van der Waals surface area contributed by atoms with E-state index < -0.39 is 10.0 Å². The smallest absolute Gasteiger partial charge is 0.238 e. The molecule has 3 N–H and O–H groups in total. The van der Waals surface area contributed by atoms with Gasteiger partial charge in [-0.3, -0.25) is 9.89 Å². The van der Waals surface area contributed by atoms with Crippen molar-refractivity contribution < 1.29 is 13.2 Å². The predicted molar refractivity (Wildman–Crippen MR) is 97.5 cm³/mol. The second-order valence-corrected chi connectivity index (χ2v) is 9.22. The molecule has 138 valence electrons. The average Bonchev–Trinajstić information content (AvgIpc) is 3.22. The van der Waals surface area contributed by atoms with E-state index in [-0.39, 0.29) is 22.6 Å². The van der Waals surface area contributed by atoms with Gasteiger partial charge in [0, 0.05) is 17.6 Å². The van der Waals surface area contributed by atoms with E-state index in [0.29, 0.717) is 17.5 Å². The Morgan fingerprint density at radius 2 is 2.19 bits per heavy atom. The van der Waals surface area contributed by atoms with Crippen molar-refractivity contribution >= 4 is 33.4 Å². The fourth-order valence-electron chi connectivity index (χ4n) is 3.22. The molecule has 1 aromatic heterocycles. The van der Waals surface area contributed by atoms with E-state index in [4.69, 9.17) is 5.14 Å². The zero-order valence-electron chi connectivity index (χ0n) is 14.2. The van der Waals surface area contributed by atoms with Crippen LogP contribution in [0.4, 0.5) is 5.69 Å². The molecule has 1 atom stereocenters. The highest BCUT2D eigenvalue weighted by molar-refractivity contribution is 7.99. The van der Waals surface area contributed by atoms with E-state index >= 15 is 0 Å². The number of aromatic nitrogens is 3. The lowest BCUT2D eigenvalue weighted by molar-refractivity contribution is -0.116. The Morgan fingerprint density at radius 3 is 2.88 bits per heavy atom. The van der Waals surface area contributed by atoms with Gasteiger partial charge in [0.15, 0.2) is 0 Å². The van der Waals surface area contributed by atoms with Crippen LogP contribution in [0.15, 0.2) is 28.3 Å². The molecule has 1 saturated carbocycles. The van der Waals surface area contributed by atoms with Crippen molar-refractivity contribution in [2.45, 2.75) is 48.2 Å². The maximum Gasteiger partial charge on any atom is 0.238 e. The molecule has 2 aromatic rings. The number of carbonyl (C=O) groups excluding carboxylic acids is 1. The molecule has 1 aliphatic heterocycles. The van der Waals surface area contributed by atoms with E-state index in [1.165, 1.54) is 17.8 Å². The minimum atomic E-state index is -3.75. The Hall–Kier alpha value is -1.91. The van der Waals surface area contributed by atoms with Crippen molar-refractivity contribution in [1.29, 1.82) is 0 Å². The van der Waals surface area contributed by atoms with Gasteiger partial charge >= 0.3 is 0 Å². The Labute approximate surface area is 155 Å². The predicted octanol–water partition coefficient (Wildman–Crippen LogP) is 1.40. The van der Waals surface area contributed by atoms with Crippen LogP contribution in [0.25, 0.3) is 0 Å². The van der Waals surface area contributed by atoms with Gasteiger partial charge in [0.2, 0.25) is 21.1 Å². The second kappa shape index (κ2) is 6.36. The summed E-state index contributed by atoms with van der Waals surface area (Å²) >= 11 is 1.30. The number of nitrogens with one attached hydrogen (secondary N) is 1. The molecule has 2 heterocycles. The Balaban J connectivity index is 1.48. The number of thioether (sulfide) groups is 1. The summed E-state index contributed by atoms with van der Waals surface area (Å²) in [6.07, 6.45) is 2.88. The van der Waals surface area contributed by atoms with Gasteiger partial charge < -0.3 is 4.90 Å². The number of H-pyrrole nitrogens is 1. The second-order valence-electron chi connectivity index (χ2n) is 6.72. The zero-order chi connectivity index (χ0) is 18.5. The lowest BCUT2D eigenvalue weighted by Crippen LogP contribution is -2.37. The summed E-state index contributed by atoms with van der Waals surface area (Å²) in [5.74, 6) is 1.56.